The molecule has 0 aliphatic heterocycles. The van der Waals surface area contributed by atoms with E-state index in [1.54, 1.807) is 0 Å². The molecule has 2 N–H and O–H groups in total. The molecular formula is C13H23N5O. The lowest BCUT2D eigenvalue weighted by Gasteiger charge is -2.22. The second-order valence-corrected chi connectivity index (χ2v) is 5.22. The molecule has 0 unspecified atom stereocenters. The first kappa shape index (κ1) is 13.8. The van der Waals surface area contributed by atoms with Crippen LogP contribution in [-0.2, 0) is 0 Å². The first-order chi connectivity index (χ1) is 9.10. The molecule has 0 spiro atoms. The molecule has 0 aromatic carbocycles. The molecule has 0 saturated heterocycles. The predicted molar refractivity (Wildman–Crippen MR) is 75.3 cm³/mol. The van der Waals surface area contributed by atoms with Gasteiger partial charge in [0.1, 0.15) is 0 Å². The van der Waals surface area contributed by atoms with Gasteiger partial charge in [0.2, 0.25) is 11.9 Å². The highest BCUT2D eigenvalue weighted by Crippen LogP contribution is 2.30. The van der Waals surface area contributed by atoms with E-state index in [1.807, 2.05) is 13.8 Å². The van der Waals surface area contributed by atoms with Crippen LogP contribution in [0, 0.1) is 0 Å². The Morgan fingerprint density at radius 1 is 1.32 bits per heavy atom. The first-order valence-corrected chi connectivity index (χ1v) is 7.05. The number of hydrogen-bond acceptors (Lipinski definition) is 6. The van der Waals surface area contributed by atoms with Crippen molar-refractivity contribution in [1.82, 2.24) is 15.0 Å². The summed E-state index contributed by atoms with van der Waals surface area (Å²) in [6.07, 6.45) is 4.71. The van der Waals surface area contributed by atoms with E-state index < -0.39 is 0 Å². The van der Waals surface area contributed by atoms with Crippen molar-refractivity contribution in [1.29, 1.82) is 0 Å². The van der Waals surface area contributed by atoms with E-state index in [1.165, 1.54) is 12.8 Å². The van der Waals surface area contributed by atoms with Crippen molar-refractivity contribution < 1.29 is 4.74 Å². The van der Waals surface area contributed by atoms with Crippen molar-refractivity contribution in [3.05, 3.63) is 0 Å². The summed E-state index contributed by atoms with van der Waals surface area (Å²) < 4.78 is 5.52. The van der Waals surface area contributed by atoms with Crippen LogP contribution < -0.4 is 15.4 Å². The van der Waals surface area contributed by atoms with Crippen molar-refractivity contribution in [2.75, 3.05) is 17.2 Å². The highest BCUT2D eigenvalue weighted by atomic mass is 16.5. The lowest BCUT2D eigenvalue weighted by molar-refractivity contribution is 0.222. The summed E-state index contributed by atoms with van der Waals surface area (Å²) in [5.74, 6) is 0.877. The molecule has 1 fully saturated rings. The Labute approximate surface area is 114 Å². The Kier molecular flexibility index (Phi) is 4.39. The number of aromatic nitrogens is 3. The zero-order valence-electron chi connectivity index (χ0n) is 12.0. The molecule has 1 aliphatic carbocycles. The molecule has 1 aromatic heterocycles. The molecule has 6 nitrogen and oxygen atoms in total. The third kappa shape index (κ3) is 3.94. The molecule has 1 heterocycles. The van der Waals surface area contributed by atoms with Gasteiger partial charge in [-0.1, -0.05) is 13.3 Å². The molecule has 19 heavy (non-hydrogen) atoms. The van der Waals surface area contributed by atoms with Crippen molar-refractivity contribution in [2.24, 2.45) is 0 Å². The van der Waals surface area contributed by atoms with Gasteiger partial charge >= 0.3 is 6.01 Å². The minimum atomic E-state index is 0.0275. The fourth-order valence-corrected chi connectivity index (χ4v) is 1.91. The first-order valence-electron chi connectivity index (χ1n) is 7.05. The standard InChI is InChI=1S/C13H23N5O/c1-4-5-8-18(10-6-7-10)12-15-11(14)16-13(17-12)19-9(2)3/h9-10H,4-8H2,1-3H3,(H2,14,15,16,17). The second-order valence-electron chi connectivity index (χ2n) is 5.22. The average molecular weight is 265 g/mol. The Balaban J connectivity index is 2.18. The van der Waals surface area contributed by atoms with E-state index >= 15 is 0 Å². The lowest BCUT2D eigenvalue weighted by Crippen LogP contribution is -2.29. The number of hydrogen-bond donors (Lipinski definition) is 1. The molecule has 1 saturated carbocycles. The molecular weight excluding hydrogens is 242 g/mol. The van der Waals surface area contributed by atoms with Gasteiger partial charge in [0.05, 0.1) is 6.10 Å². The maximum absolute atomic E-state index is 5.75. The zero-order valence-corrected chi connectivity index (χ0v) is 12.0. The van der Waals surface area contributed by atoms with Crippen LogP contribution in [0.2, 0.25) is 0 Å². The molecule has 0 radical (unpaired) electrons. The summed E-state index contributed by atoms with van der Waals surface area (Å²) in [5, 5.41) is 0. The van der Waals surface area contributed by atoms with Gasteiger partial charge in [0, 0.05) is 12.6 Å². The van der Waals surface area contributed by atoms with E-state index in [2.05, 4.69) is 26.8 Å². The van der Waals surface area contributed by atoms with Crippen LogP contribution in [0.5, 0.6) is 6.01 Å². The number of rotatable bonds is 7. The van der Waals surface area contributed by atoms with Crippen molar-refractivity contribution in [3.63, 3.8) is 0 Å². The minimum Gasteiger partial charge on any atom is -0.461 e. The van der Waals surface area contributed by atoms with Crippen LogP contribution in [0.25, 0.3) is 0 Å². The van der Waals surface area contributed by atoms with Crippen molar-refractivity contribution >= 4 is 11.9 Å². The number of nitrogens with two attached hydrogens (primary N) is 1. The molecule has 2 rings (SSSR count). The summed E-state index contributed by atoms with van der Waals surface area (Å²) in [5.41, 5.74) is 5.75. The Hall–Kier alpha value is -1.59. The lowest BCUT2D eigenvalue weighted by atomic mass is 10.3. The van der Waals surface area contributed by atoms with Crippen molar-refractivity contribution in [2.45, 2.75) is 58.6 Å². The smallest absolute Gasteiger partial charge is 0.323 e. The monoisotopic (exact) mass is 265 g/mol. The molecule has 106 valence electrons. The molecule has 6 heteroatoms. The highest BCUT2D eigenvalue weighted by Gasteiger charge is 2.31. The number of nitrogens with zero attached hydrogens (tertiary/aromatic N) is 4. The Morgan fingerprint density at radius 3 is 2.63 bits per heavy atom. The minimum absolute atomic E-state index is 0.0275. The summed E-state index contributed by atoms with van der Waals surface area (Å²) in [4.78, 5) is 14.9. The van der Waals surface area contributed by atoms with Gasteiger partial charge in [-0.3, -0.25) is 0 Å². The molecule has 1 aromatic rings. The normalized spacial score (nSPS) is 14.7. The van der Waals surface area contributed by atoms with Crippen LogP contribution >= 0.6 is 0 Å². The molecule has 0 bridgehead atoms. The largest absolute Gasteiger partial charge is 0.461 e. The van der Waals surface area contributed by atoms with E-state index in [0.717, 1.165) is 19.4 Å². The van der Waals surface area contributed by atoms with E-state index in [-0.39, 0.29) is 12.1 Å². The fraction of sp³-hybridized carbons (Fsp3) is 0.769. The van der Waals surface area contributed by atoms with Gasteiger partial charge in [-0.15, -0.1) is 0 Å². The van der Waals surface area contributed by atoms with Gasteiger partial charge in [0.15, 0.2) is 0 Å². The van der Waals surface area contributed by atoms with E-state index in [4.69, 9.17) is 10.5 Å². The number of unbranched alkanes of at least 4 members (excludes halogenated alkanes) is 1. The van der Waals surface area contributed by atoms with Gasteiger partial charge in [-0.2, -0.15) is 15.0 Å². The maximum atomic E-state index is 5.75. The van der Waals surface area contributed by atoms with Gasteiger partial charge in [-0.25, -0.2) is 0 Å². The summed E-state index contributed by atoms with van der Waals surface area (Å²) >= 11 is 0. The summed E-state index contributed by atoms with van der Waals surface area (Å²) in [6.45, 7) is 7.02. The molecule has 0 amide bonds. The van der Waals surface area contributed by atoms with Crippen LogP contribution in [0.4, 0.5) is 11.9 Å². The van der Waals surface area contributed by atoms with Gasteiger partial charge in [-0.05, 0) is 33.1 Å². The number of ether oxygens (including phenoxy) is 1. The predicted octanol–water partition coefficient (Wildman–Crippen LogP) is 2.01. The van der Waals surface area contributed by atoms with E-state index in [0.29, 0.717) is 18.0 Å². The third-order valence-corrected chi connectivity index (χ3v) is 2.96. The third-order valence-electron chi connectivity index (χ3n) is 2.96. The number of anilines is 2. The quantitative estimate of drug-likeness (QED) is 0.812. The van der Waals surface area contributed by atoms with Crippen molar-refractivity contribution in [3.8, 4) is 6.01 Å². The van der Waals surface area contributed by atoms with Crippen LogP contribution in [0.3, 0.4) is 0 Å². The number of nitrogen functional groups attached to an aromatic ring is 1. The second kappa shape index (κ2) is 6.04. The molecule has 1 aliphatic rings. The Bertz CT molecular complexity index is 419. The fourth-order valence-electron chi connectivity index (χ4n) is 1.91. The van der Waals surface area contributed by atoms with Crippen LogP contribution in [0.15, 0.2) is 0 Å². The van der Waals surface area contributed by atoms with Gasteiger partial charge in [0.25, 0.3) is 0 Å². The van der Waals surface area contributed by atoms with Crippen LogP contribution in [0.1, 0.15) is 46.5 Å². The summed E-state index contributed by atoms with van der Waals surface area (Å²) in [7, 11) is 0. The Morgan fingerprint density at radius 2 is 2.05 bits per heavy atom. The van der Waals surface area contributed by atoms with Crippen LogP contribution in [-0.4, -0.2) is 33.6 Å². The zero-order chi connectivity index (χ0) is 13.8. The molecule has 0 atom stereocenters. The highest BCUT2D eigenvalue weighted by molar-refractivity contribution is 5.38. The maximum Gasteiger partial charge on any atom is 0.323 e. The average Bonchev–Trinajstić information content (AvgIpc) is 3.12. The summed E-state index contributed by atoms with van der Waals surface area (Å²) in [6, 6.07) is 0.875. The topological polar surface area (TPSA) is 77.2 Å². The van der Waals surface area contributed by atoms with Gasteiger partial charge < -0.3 is 15.4 Å². The SMILES string of the molecule is CCCCN(c1nc(N)nc(OC(C)C)n1)C1CC1. The van der Waals surface area contributed by atoms with E-state index in [9.17, 15) is 0 Å².